The Hall–Kier alpha value is -3.68. The van der Waals surface area contributed by atoms with Gasteiger partial charge in [-0.3, -0.25) is 4.79 Å². The van der Waals surface area contributed by atoms with Crippen molar-refractivity contribution in [2.24, 2.45) is 5.92 Å². The average molecular weight is 496 g/mol. The van der Waals surface area contributed by atoms with Crippen molar-refractivity contribution in [3.8, 4) is 0 Å². The van der Waals surface area contributed by atoms with E-state index in [2.05, 4.69) is 22.9 Å². The first kappa shape index (κ1) is 26.9. The molecule has 1 atom stereocenters. The largest absolute Gasteiger partial charge is 0.480 e. The van der Waals surface area contributed by atoms with E-state index in [9.17, 15) is 23.9 Å². The fourth-order valence-corrected chi connectivity index (χ4v) is 4.70. The van der Waals surface area contributed by atoms with Crippen LogP contribution in [0.4, 0.5) is 20.6 Å². The predicted molar refractivity (Wildman–Crippen MR) is 140 cm³/mol. The first-order valence-electron chi connectivity index (χ1n) is 12.4. The zero-order valence-electron chi connectivity index (χ0n) is 21.0. The maximum absolute atomic E-state index is 14.0. The number of hydrogen-bond donors (Lipinski definition) is 4. The molecule has 1 saturated carbocycles. The van der Waals surface area contributed by atoms with Crippen molar-refractivity contribution in [3.63, 3.8) is 0 Å². The Morgan fingerprint density at radius 1 is 1.06 bits per heavy atom. The molecule has 0 heterocycles. The summed E-state index contributed by atoms with van der Waals surface area (Å²) in [6.45, 7) is 5.81. The fraction of sp³-hybridized carbons (Fsp3) is 0.393. The molecule has 4 N–H and O–H groups in total. The number of rotatable bonds is 8. The third kappa shape index (κ3) is 6.93. The maximum Gasteiger partial charge on any atom is 0.326 e. The number of urea groups is 1. The highest BCUT2D eigenvalue weighted by Crippen LogP contribution is 2.28. The highest BCUT2D eigenvalue weighted by atomic mass is 19.1. The van der Waals surface area contributed by atoms with Crippen molar-refractivity contribution in [1.82, 2.24) is 5.32 Å². The lowest BCUT2D eigenvalue weighted by Gasteiger charge is -2.28. The van der Waals surface area contributed by atoms with Gasteiger partial charge < -0.3 is 21.1 Å². The van der Waals surface area contributed by atoms with Gasteiger partial charge in [0.05, 0.1) is 11.3 Å². The number of hydrogen-bond acceptors (Lipinski definition) is 3. The molecule has 7 nitrogen and oxygen atoms in total. The molecule has 2 aromatic carbocycles. The maximum atomic E-state index is 14.0. The minimum absolute atomic E-state index is 0.0119. The Labute approximate surface area is 211 Å². The molecule has 1 fully saturated rings. The van der Waals surface area contributed by atoms with Crippen LogP contribution in [0.3, 0.4) is 0 Å². The van der Waals surface area contributed by atoms with E-state index in [0.29, 0.717) is 5.69 Å². The summed E-state index contributed by atoms with van der Waals surface area (Å²) < 4.78 is 14.0. The van der Waals surface area contributed by atoms with Crippen LogP contribution in [0.15, 0.2) is 36.4 Å². The molecule has 0 radical (unpaired) electrons. The molecule has 0 aromatic heterocycles. The third-order valence-electron chi connectivity index (χ3n) is 6.49. The smallest absolute Gasteiger partial charge is 0.326 e. The Balaban J connectivity index is 1.77. The van der Waals surface area contributed by atoms with E-state index in [1.165, 1.54) is 6.07 Å². The van der Waals surface area contributed by atoms with E-state index in [1.807, 2.05) is 38.1 Å². The first-order valence-corrected chi connectivity index (χ1v) is 12.4. The Bertz CT molecular complexity index is 1130. The molecule has 192 valence electrons. The summed E-state index contributed by atoms with van der Waals surface area (Å²) in [5.41, 5.74) is 3.29. The van der Waals surface area contributed by atoms with Gasteiger partial charge in [0.15, 0.2) is 0 Å². The number of allylic oxidation sites excluding steroid dienone is 1. The van der Waals surface area contributed by atoms with Gasteiger partial charge in [-0.25, -0.2) is 14.0 Å². The van der Waals surface area contributed by atoms with Crippen molar-refractivity contribution in [2.45, 2.75) is 65.3 Å². The van der Waals surface area contributed by atoms with E-state index in [-0.39, 0.29) is 17.2 Å². The van der Waals surface area contributed by atoms with Gasteiger partial charge in [0.2, 0.25) is 0 Å². The van der Waals surface area contributed by atoms with Crippen LogP contribution < -0.4 is 16.0 Å². The van der Waals surface area contributed by atoms with Gasteiger partial charge in [-0.1, -0.05) is 38.3 Å². The topological polar surface area (TPSA) is 108 Å². The number of nitrogens with one attached hydrogen (secondary N) is 3. The average Bonchev–Trinajstić information content (AvgIpc) is 2.83. The van der Waals surface area contributed by atoms with Gasteiger partial charge >= 0.3 is 12.0 Å². The highest BCUT2D eigenvalue weighted by Gasteiger charge is 2.31. The van der Waals surface area contributed by atoms with Crippen LogP contribution in [0.5, 0.6) is 0 Å². The molecule has 1 aliphatic rings. The fourth-order valence-electron chi connectivity index (χ4n) is 4.70. The molecular formula is C28H34FN3O4. The van der Waals surface area contributed by atoms with E-state index in [4.69, 9.17) is 0 Å². The molecule has 0 aliphatic heterocycles. The molecule has 36 heavy (non-hydrogen) atoms. The van der Waals surface area contributed by atoms with Gasteiger partial charge in [0, 0.05) is 5.69 Å². The second kappa shape index (κ2) is 12.3. The number of carboxylic acids is 1. The molecule has 8 heteroatoms. The predicted octanol–water partition coefficient (Wildman–Crippen LogP) is 6.27. The molecular weight excluding hydrogens is 461 g/mol. The Morgan fingerprint density at radius 3 is 2.33 bits per heavy atom. The molecule has 0 unspecified atom stereocenters. The van der Waals surface area contributed by atoms with E-state index in [0.717, 1.165) is 67.3 Å². The molecule has 3 rings (SSSR count). The number of carbonyl (C=O) groups excluding carboxylic acids is 2. The summed E-state index contributed by atoms with van der Waals surface area (Å²) in [5, 5.41) is 17.6. The SMILES string of the molecule is CC/C=C/c1cc(C)c(NC(=O)Nc2cc(F)ccc2C(=O)N[C@H](C(=O)O)C2CCCCC2)c(C)c1. The Morgan fingerprint density at radius 2 is 1.72 bits per heavy atom. The van der Waals surface area contributed by atoms with Crippen LogP contribution in [-0.2, 0) is 4.79 Å². The molecule has 3 amide bonds. The summed E-state index contributed by atoms with van der Waals surface area (Å²) in [6, 6.07) is 5.61. The minimum atomic E-state index is -1.10. The summed E-state index contributed by atoms with van der Waals surface area (Å²) in [7, 11) is 0. The number of carbonyl (C=O) groups is 3. The summed E-state index contributed by atoms with van der Waals surface area (Å²) in [5.74, 6) is -2.58. The van der Waals surface area contributed by atoms with Crippen molar-refractivity contribution < 1.29 is 23.9 Å². The molecule has 0 spiro atoms. The lowest BCUT2D eigenvalue weighted by Crippen LogP contribution is -2.46. The number of aliphatic carboxylic acids is 1. The summed E-state index contributed by atoms with van der Waals surface area (Å²) in [4.78, 5) is 37.7. The monoisotopic (exact) mass is 495 g/mol. The third-order valence-corrected chi connectivity index (χ3v) is 6.49. The van der Waals surface area contributed by atoms with Crippen molar-refractivity contribution in [1.29, 1.82) is 0 Å². The lowest BCUT2D eigenvalue weighted by molar-refractivity contribution is -0.141. The van der Waals surface area contributed by atoms with Gasteiger partial charge in [0.25, 0.3) is 5.91 Å². The second-order valence-electron chi connectivity index (χ2n) is 9.30. The molecule has 0 bridgehead atoms. The van der Waals surface area contributed by atoms with Gasteiger partial charge in [-0.15, -0.1) is 0 Å². The van der Waals surface area contributed by atoms with Crippen LogP contribution in [0, 0.1) is 25.6 Å². The lowest BCUT2D eigenvalue weighted by atomic mass is 9.84. The molecule has 0 saturated heterocycles. The molecule has 2 aromatic rings. The van der Waals surface area contributed by atoms with Crippen LogP contribution in [-0.4, -0.2) is 29.1 Å². The van der Waals surface area contributed by atoms with Crippen molar-refractivity contribution in [2.75, 3.05) is 10.6 Å². The van der Waals surface area contributed by atoms with Crippen molar-refractivity contribution >= 4 is 35.4 Å². The van der Waals surface area contributed by atoms with E-state index >= 15 is 0 Å². The van der Waals surface area contributed by atoms with Crippen LogP contribution in [0.2, 0.25) is 0 Å². The quantitative estimate of drug-likeness (QED) is 0.346. The van der Waals surface area contributed by atoms with Crippen LogP contribution >= 0.6 is 0 Å². The van der Waals surface area contributed by atoms with Gasteiger partial charge in [-0.05, 0) is 86.1 Å². The summed E-state index contributed by atoms with van der Waals surface area (Å²) in [6.07, 6.45) is 9.31. The Kier molecular flexibility index (Phi) is 9.22. The first-order chi connectivity index (χ1) is 17.2. The number of benzene rings is 2. The van der Waals surface area contributed by atoms with E-state index in [1.54, 1.807) is 0 Å². The number of halogens is 1. The molecule has 1 aliphatic carbocycles. The number of aryl methyl sites for hydroxylation is 2. The zero-order valence-corrected chi connectivity index (χ0v) is 21.0. The standard InChI is InChI=1S/C28H34FN3O4/c1-4-5-9-19-14-17(2)24(18(3)15-19)32-28(36)30-23-16-21(29)12-13-22(23)26(33)31-25(27(34)35)20-10-7-6-8-11-20/h5,9,12-16,20,25H,4,6-8,10-11H2,1-3H3,(H,31,33)(H,34,35)(H2,30,32,36)/b9-5+/t25-/m0/s1. The van der Waals surface area contributed by atoms with Crippen molar-refractivity contribution in [3.05, 3.63) is 64.5 Å². The second-order valence-corrected chi connectivity index (χ2v) is 9.30. The number of carboxylic acid groups (broad SMARTS) is 1. The number of amides is 3. The van der Waals surface area contributed by atoms with Gasteiger partial charge in [0.1, 0.15) is 11.9 Å². The normalized spacial score (nSPS) is 14.9. The minimum Gasteiger partial charge on any atom is -0.480 e. The van der Waals surface area contributed by atoms with Crippen LogP contribution in [0.1, 0.15) is 72.5 Å². The highest BCUT2D eigenvalue weighted by molar-refractivity contribution is 6.07. The van der Waals surface area contributed by atoms with E-state index < -0.39 is 29.8 Å². The zero-order chi connectivity index (χ0) is 26.2. The summed E-state index contributed by atoms with van der Waals surface area (Å²) >= 11 is 0. The number of anilines is 2. The van der Waals surface area contributed by atoms with Gasteiger partial charge in [-0.2, -0.15) is 0 Å². The van der Waals surface area contributed by atoms with Crippen LogP contribution in [0.25, 0.3) is 6.08 Å².